The molecule has 2 rings (SSSR count). The van der Waals surface area contributed by atoms with E-state index >= 15 is 0 Å². The fraction of sp³-hybridized carbons (Fsp3) is 0.727. The van der Waals surface area contributed by atoms with Gasteiger partial charge in [0.2, 0.25) is 11.8 Å². The SMILES string of the molecule is O=C1CN(CC(=O)N2CCCCCC2)C(=O)N1. The average molecular weight is 239 g/mol. The van der Waals surface area contributed by atoms with Gasteiger partial charge in [0.1, 0.15) is 13.1 Å². The first-order valence-electron chi connectivity index (χ1n) is 6.03. The van der Waals surface area contributed by atoms with Gasteiger partial charge in [-0.1, -0.05) is 12.8 Å². The Morgan fingerprint density at radius 3 is 2.29 bits per heavy atom. The zero-order chi connectivity index (χ0) is 12.3. The maximum atomic E-state index is 12.0. The number of nitrogens with zero attached hydrogens (tertiary/aromatic N) is 2. The third kappa shape index (κ3) is 2.95. The summed E-state index contributed by atoms with van der Waals surface area (Å²) < 4.78 is 0. The van der Waals surface area contributed by atoms with Crippen LogP contribution in [-0.2, 0) is 9.59 Å². The normalized spacial score (nSPS) is 21.4. The Hall–Kier alpha value is -1.59. The molecule has 1 N–H and O–H groups in total. The summed E-state index contributed by atoms with van der Waals surface area (Å²) in [6.45, 7) is 1.54. The molecule has 2 aliphatic heterocycles. The predicted octanol–water partition coefficient (Wildman–Crippen LogP) is -0.0592. The van der Waals surface area contributed by atoms with Crippen molar-refractivity contribution < 1.29 is 14.4 Å². The summed E-state index contributed by atoms with van der Waals surface area (Å²) in [6.07, 6.45) is 4.37. The first-order chi connectivity index (χ1) is 8.16. The molecule has 0 atom stereocenters. The Morgan fingerprint density at radius 1 is 1.12 bits per heavy atom. The molecule has 6 nitrogen and oxygen atoms in total. The molecule has 0 aromatic rings. The maximum Gasteiger partial charge on any atom is 0.325 e. The highest BCUT2D eigenvalue weighted by molar-refractivity contribution is 6.03. The molecule has 0 radical (unpaired) electrons. The second kappa shape index (κ2) is 5.16. The molecule has 2 heterocycles. The van der Waals surface area contributed by atoms with Gasteiger partial charge in [-0.2, -0.15) is 0 Å². The van der Waals surface area contributed by atoms with Crippen LogP contribution in [0.3, 0.4) is 0 Å². The van der Waals surface area contributed by atoms with E-state index in [1.54, 1.807) is 4.90 Å². The Kier molecular flexibility index (Phi) is 3.61. The van der Waals surface area contributed by atoms with Gasteiger partial charge < -0.3 is 9.80 Å². The topological polar surface area (TPSA) is 69.7 Å². The highest BCUT2D eigenvalue weighted by atomic mass is 16.2. The standard InChI is InChI=1S/C11H17N3O3/c15-9-7-14(11(17)12-9)8-10(16)13-5-3-1-2-4-6-13/h1-8H2,(H,12,15,17). The summed E-state index contributed by atoms with van der Waals surface area (Å²) >= 11 is 0. The fourth-order valence-electron chi connectivity index (χ4n) is 2.19. The van der Waals surface area contributed by atoms with Crippen molar-refractivity contribution in [2.24, 2.45) is 0 Å². The lowest BCUT2D eigenvalue weighted by atomic mass is 10.2. The molecule has 0 bridgehead atoms. The van der Waals surface area contributed by atoms with Crippen molar-refractivity contribution >= 4 is 17.8 Å². The quantitative estimate of drug-likeness (QED) is 0.686. The van der Waals surface area contributed by atoms with Gasteiger partial charge in [-0.05, 0) is 12.8 Å². The smallest absolute Gasteiger partial charge is 0.325 e. The summed E-state index contributed by atoms with van der Waals surface area (Å²) in [6, 6.07) is -0.460. The lowest BCUT2D eigenvalue weighted by molar-refractivity contribution is -0.131. The molecule has 94 valence electrons. The van der Waals surface area contributed by atoms with Crippen molar-refractivity contribution in [2.75, 3.05) is 26.2 Å². The lowest BCUT2D eigenvalue weighted by Crippen LogP contribution is -2.42. The predicted molar refractivity (Wildman–Crippen MR) is 60.2 cm³/mol. The molecule has 4 amide bonds. The number of likely N-dealkylation sites (tertiary alicyclic amines) is 1. The van der Waals surface area contributed by atoms with Crippen LogP contribution in [-0.4, -0.2) is 53.8 Å². The average Bonchev–Trinajstić information content (AvgIpc) is 2.54. The number of hydrogen-bond acceptors (Lipinski definition) is 3. The number of carbonyl (C=O) groups is 3. The van der Waals surface area contributed by atoms with E-state index in [1.807, 2.05) is 0 Å². The molecule has 0 aromatic heterocycles. The molecule has 6 heteroatoms. The second-order valence-corrected chi connectivity index (χ2v) is 4.50. The summed E-state index contributed by atoms with van der Waals surface area (Å²) in [5, 5.41) is 2.16. The first-order valence-corrected chi connectivity index (χ1v) is 6.03. The van der Waals surface area contributed by atoms with Crippen molar-refractivity contribution in [1.82, 2.24) is 15.1 Å². The van der Waals surface area contributed by atoms with E-state index in [0.29, 0.717) is 0 Å². The third-order valence-corrected chi connectivity index (χ3v) is 3.15. The highest BCUT2D eigenvalue weighted by Gasteiger charge is 2.29. The number of amides is 4. The Balaban J connectivity index is 1.87. The van der Waals surface area contributed by atoms with E-state index in [2.05, 4.69) is 5.32 Å². The summed E-state index contributed by atoms with van der Waals surface area (Å²) in [5.74, 6) is -0.393. The molecule has 2 aliphatic rings. The van der Waals surface area contributed by atoms with Crippen LogP contribution in [0.1, 0.15) is 25.7 Å². The van der Waals surface area contributed by atoms with Crippen molar-refractivity contribution in [2.45, 2.75) is 25.7 Å². The Labute approximate surface area is 99.9 Å². The van der Waals surface area contributed by atoms with Crippen LogP contribution in [0.4, 0.5) is 4.79 Å². The molecule has 0 unspecified atom stereocenters. The van der Waals surface area contributed by atoms with Crippen LogP contribution in [0.5, 0.6) is 0 Å². The van der Waals surface area contributed by atoms with E-state index in [4.69, 9.17) is 0 Å². The van der Waals surface area contributed by atoms with Gasteiger partial charge >= 0.3 is 6.03 Å². The minimum Gasteiger partial charge on any atom is -0.341 e. The number of rotatable bonds is 2. The van der Waals surface area contributed by atoms with Crippen LogP contribution >= 0.6 is 0 Å². The Bertz CT molecular complexity index is 335. The van der Waals surface area contributed by atoms with Crippen molar-refractivity contribution in [1.29, 1.82) is 0 Å². The number of hydrogen-bond donors (Lipinski definition) is 1. The molecule has 0 spiro atoms. The summed E-state index contributed by atoms with van der Waals surface area (Å²) in [7, 11) is 0. The van der Waals surface area contributed by atoms with Gasteiger partial charge in [-0.15, -0.1) is 0 Å². The van der Waals surface area contributed by atoms with Gasteiger partial charge in [-0.3, -0.25) is 14.9 Å². The minimum atomic E-state index is -0.460. The van der Waals surface area contributed by atoms with E-state index in [-0.39, 0.29) is 24.9 Å². The first kappa shape index (κ1) is 11.9. The largest absolute Gasteiger partial charge is 0.341 e. The molecule has 2 fully saturated rings. The summed E-state index contributed by atoms with van der Waals surface area (Å²) in [4.78, 5) is 37.3. The van der Waals surface area contributed by atoms with Crippen LogP contribution in [0.2, 0.25) is 0 Å². The molecule has 0 aromatic carbocycles. The van der Waals surface area contributed by atoms with Crippen LogP contribution in [0.15, 0.2) is 0 Å². The monoisotopic (exact) mass is 239 g/mol. The Morgan fingerprint density at radius 2 is 1.76 bits per heavy atom. The van der Waals surface area contributed by atoms with E-state index in [1.165, 1.54) is 4.90 Å². The van der Waals surface area contributed by atoms with Crippen molar-refractivity contribution in [3.63, 3.8) is 0 Å². The second-order valence-electron chi connectivity index (χ2n) is 4.50. The third-order valence-electron chi connectivity index (χ3n) is 3.15. The molecular weight excluding hydrogens is 222 g/mol. The minimum absolute atomic E-state index is 0.00157. The van der Waals surface area contributed by atoms with Crippen LogP contribution < -0.4 is 5.32 Å². The zero-order valence-corrected chi connectivity index (χ0v) is 9.78. The molecule has 0 saturated carbocycles. The van der Waals surface area contributed by atoms with E-state index in [0.717, 1.165) is 38.8 Å². The number of carbonyl (C=O) groups excluding carboxylic acids is 3. The molecule has 0 aliphatic carbocycles. The van der Waals surface area contributed by atoms with Crippen LogP contribution in [0, 0.1) is 0 Å². The molecule has 2 saturated heterocycles. The summed E-state index contributed by atoms with van der Waals surface area (Å²) in [5.41, 5.74) is 0. The molecule has 17 heavy (non-hydrogen) atoms. The van der Waals surface area contributed by atoms with E-state index in [9.17, 15) is 14.4 Å². The number of imide groups is 1. The van der Waals surface area contributed by atoms with Gasteiger partial charge in [0.25, 0.3) is 0 Å². The van der Waals surface area contributed by atoms with Gasteiger partial charge in [0.15, 0.2) is 0 Å². The highest BCUT2D eigenvalue weighted by Crippen LogP contribution is 2.10. The van der Waals surface area contributed by atoms with Gasteiger partial charge in [0, 0.05) is 13.1 Å². The fourth-order valence-corrected chi connectivity index (χ4v) is 2.19. The van der Waals surface area contributed by atoms with Gasteiger partial charge in [-0.25, -0.2) is 4.79 Å². The van der Waals surface area contributed by atoms with Crippen molar-refractivity contribution in [3.8, 4) is 0 Å². The van der Waals surface area contributed by atoms with Crippen molar-refractivity contribution in [3.05, 3.63) is 0 Å². The number of nitrogens with one attached hydrogen (secondary N) is 1. The number of urea groups is 1. The zero-order valence-electron chi connectivity index (χ0n) is 9.78. The van der Waals surface area contributed by atoms with Gasteiger partial charge in [0.05, 0.1) is 0 Å². The molecular formula is C11H17N3O3. The lowest BCUT2D eigenvalue weighted by Gasteiger charge is -2.22. The maximum absolute atomic E-state index is 12.0. The van der Waals surface area contributed by atoms with Crippen LogP contribution in [0.25, 0.3) is 0 Å². The van der Waals surface area contributed by atoms with E-state index < -0.39 is 6.03 Å².